The number of aromatic nitrogens is 4. The van der Waals surface area contributed by atoms with E-state index in [9.17, 15) is 33.4 Å². The quantitative estimate of drug-likeness (QED) is 0.0298. The summed E-state index contributed by atoms with van der Waals surface area (Å²) in [6.45, 7) is 6.70. The lowest BCUT2D eigenvalue weighted by Gasteiger charge is -2.20. The second-order valence-corrected chi connectivity index (χ2v) is 18.6. The van der Waals surface area contributed by atoms with Crippen LogP contribution in [0.25, 0.3) is 10.9 Å². The predicted molar refractivity (Wildman–Crippen MR) is 253 cm³/mol. The maximum Gasteiger partial charge on any atom is 0.430 e. The van der Waals surface area contributed by atoms with E-state index in [0.717, 1.165) is 22.5 Å². The molecule has 348 valence electrons. The van der Waals surface area contributed by atoms with E-state index in [-0.39, 0.29) is 84.2 Å². The van der Waals surface area contributed by atoms with Gasteiger partial charge in [0.15, 0.2) is 10.9 Å². The molecule has 19 nitrogen and oxygen atoms in total. The number of carbonyl (C=O) groups is 5. The molecule has 6 heterocycles. The van der Waals surface area contributed by atoms with Crippen molar-refractivity contribution in [2.24, 2.45) is 19.1 Å². The number of nitrogens with one attached hydrogen (secondary N) is 3. The van der Waals surface area contributed by atoms with Crippen molar-refractivity contribution in [3.63, 3.8) is 0 Å². The van der Waals surface area contributed by atoms with Gasteiger partial charge in [0.2, 0.25) is 5.91 Å². The number of anilines is 3. The van der Waals surface area contributed by atoms with Gasteiger partial charge in [0.1, 0.15) is 22.8 Å². The molecule has 2 aliphatic heterocycles. The first-order chi connectivity index (χ1) is 32.0. The van der Waals surface area contributed by atoms with Crippen LogP contribution in [0.5, 0.6) is 5.75 Å². The molecule has 1 unspecified atom stereocenters. The summed E-state index contributed by atoms with van der Waals surface area (Å²) in [6.07, 6.45) is 7.85. The van der Waals surface area contributed by atoms with E-state index in [1.54, 1.807) is 101 Å². The van der Waals surface area contributed by atoms with E-state index < -0.39 is 19.6 Å². The Morgan fingerprint density at radius 2 is 1.79 bits per heavy atom. The van der Waals surface area contributed by atoms with Crippen LogP contribution in [0.1, 0.15) is 72.2 Å². The summed E-state index contributed by atoms with van der Waals surface area (Å²) in [6, 6.07) is 13.2. The highest BCUT2D eigenvalue weighted by atomic mass is 32.1. The zero-order valence-electron chi connectivity index (χ0n) is 37.1. The lowest BCUT2D eigenvalue weighted by Crippen LogP contribution is -2.35. The van der Waals surface area contributed by atoms with Crippen molar-refractivity contribution in [1.82, 2.24) is 23.6 Å². The fourth-order valence-electron chi connectivity index (χ4n) is 7.88. The standard InChI is InChI=1S/C46H48N9O10PS/c1-27-15-33-22-47-35-21-41(28(2)16-34(35)44(59)55(33)23-27)64-12-6-7-42(57)50-46-49-36(26-67-46)40(56)18-29-17-38(52(3)24-29)43(58)48-32-20-39(53(4)25-32)45(60)54-11-10-30-8-9-31(19-37(30)54)51-66(61,62)65-14-13-63-5/h8-11,16-17,19-22,24-26,33H,1,6-7,12-15,18,23H2,2-5H3,(H,48,58)(H,49,50,57)(H2,51,61,62)/t33-/m0/s1. The van der Waals surface area contributed by atoms with Gasteiger partial charge in [-0.2, -0.15) is 0 Å². The van der Waals surface area contributed by atoms with Crippen molar-refractivity contribution in [2.75, 3.05) is 49.2 Å². The number of thiazole rings is 1. The first-order valence-corrected chi connectivity index (χ1v) is 23.6. The highest BCUT2D eigenvalue weighted by Crippen LogP contribution is 2.42. The maximum absolute atomic E-state index is 13.8. The molecule has 8 rings (SSSR count). The fraction of sp³-hybridized carbons (Fsp3) is 0.283. The number of ketones is 1. The van der Waals surface area contributed by atoms with Crippen molar-refractivity contribution in [2.45, 2.75) is 38.6 Å². The van der Waals surface area contributed by atoms with E-state index in [1.165, 1.54) is 17.7 Å². The molecule has 6 aromatic rings. The van der Waals surface area contributed by atoms with Gasteiger partial charge >= 0.3 is 7.75 Å². The Kier molecular flexibility index (Phi) is 13.5. The predicted octanol–water partition coefficient (Wildman–Crippen LogP) is 6.91. The number of ether oxygens (including phenoxy) is 2. The number of aryl methyl sites for hydroxylation is 3. The summed E-state index contributed by atoms with van der Waals surface area (Å²) in [5, 5.41) is 10.6. The number of carbonyl (C=O) groups excluding carboxylic acids is 5. The van der Waals surface area contributed by atoms with Gasteiger partial charge in [-0.05, 0) is 67.3 Å². The number of rotatable bonds is 18. The molecule has 0 bridgehead atoms. The Balaban J connectivity index is 0.818. The molecule has 4 aromatic heterocycles. The van der Waals surface area contributed by atoms with Gasteiger partial charge in [-0.1, -0.05) is 18.2 Å². The van der Waals surface area contributed by atoms with Crippen LogP contribution in [0.2, 0.25) is 0 Å². The summed E-state index contributed by atoms with van der Waals surface area (Å²) in [5.74, 6) is -0.965. The zero-order valence-corrected chi connectivity index (χ0v) is 38.8. The molecule has 67 heavy (non-hydrogen) atoms. The second-order valence-electron chi connectivity index (χ2n) is 16.3. The van der Waals surface area contributed by atoms with E-state index in [4.69, 9.17) is 14.0 Å². The SMILES string of the molecule is C=C1C[C@H]2C=Nc3cc(OCCCC(=O)Nc4nc(C(=O)Cc5cc(C(=O)Nc6cc(C(=O)n7ccc8ccc(NP(=O)(O)OCCOC)cc87)n(C)c6)n(C)c5)cs4)c(C)cc3C(=O)N2C1. The Bertz CT molecular complexity index is 3040. The first kappa shape index (κ1) is 46.6. The highest BCUT2D eigenvalue weighted by Gasteiger charge is 2.34. The van der Waals surface area contributed by atoms with Crippen LogP contribution in [-0.4, -0.2) is 104 Å². The normalized spacial score (nSPS) is 15.2. The van der Waals surface area contributed by atoms with Crippen LogP contribution in [0.4, 0.5) is 22.2 Å². The molecule has 3 amide bonds. The molecular formula is C46H48N9O10PS. The minimum atomic E-state index is -4.20. The van der Waals surface area contributed by atoms with Crippen molar-refractivity contribution >= 4 is 87.8 Å². The van der Waals surface area contributed by atoms with Gasteiger partial charge in [-0.25, -0.2) is 9.55 Å². The number of hydrogen-bond donors (Lipinski definition) is 4. The summed E-state index contributed by atoms with van der Waals surface area (Å²) >= 11 is 1.13. The summed E-state index contributed by atoms with van der Waals surface area (Å²) in [4.78, 5) is 87.4. The lowest BCUT2D eigenvalue weighted by atomic mass is 10.1. The van der Waals surface area contributed by atoms with Gasteiger partial charge in [0.25, 0.3) is 17.7 Å². The van der Waals surface area contributed by atoms with E-state index >= 15 is 0 Å². The monoisotopic (exact) mass is 949 g/mol. The number of fused-ring (bicyclic) bond motifs is 3. The number of benzene rings is 2. The molecule has 0 spiro atoms. The molecule has 0 saturated carbocycles. The molecule has 1 fully saturated rings. The first-order valence-electron chi connectivity index (χ1n) is 21.2. The Labute approximate surface area is 388 Å². The number of hydrogen-bond acceptors (Lipinski definition) is 12. The number of methoxy groups -OCH3 is 1. The fourth-order valence-corrected chi connectivity index (χ4v) is 9.47. The van der Waals surface area contributed by atoms with Crippen molar-refractivity contribution < 1.29 is 47.4 Å². The van der Waals surface area contributed by atoms with Gasteiger partial charge in [-0.15, -0.1) is 11.3 Å². The van der Waals surface area contributed by atoms with Crippen LogP contribution in [0.3, 0.4) is 0 Å². The van der Waals surface area contributed by atoms with E-state index in [2.05, 4.69) is 32.3 Å². The maximum atomic E-state index is 13.8. The van der Waals surface area contributed by atoms with Crippen LogP contribution >= 0.6 is 19.1 Å². The summed E-state index contributed by atoms with van der Waals surface area (Å²) in [7, 11) is 0.590. The summed E-state index contributed by atoms with van der Waals surface area (Å²) < 4.78 is 32.9. The Morgan fingerprint density at radius 3 is 2.60 bits per heavy atom. The third-order valence-electron chi connectivity index (χ3n) is 11.2. The number of aliphatic imine (C=N–C) groups is 1. The number of Topliss-reactive ketones (excluding diaryl/α,β-unsaturated/α-hetero) is 1. The molecular weight excluding hydrogens is 902 g/mol. The van der Waals surface area contributed by atoms with Crippen molar-refractivity contribution in [1.29, 1.82) is 0 Å². The van der Waals surface area contributed by atoms with Gasteiger partial charge < -0.3 is 39.0 Å². The van der Waals surface area contributed by atoms with E-state index in [1.807, 2.05) is 6.92 Å². The minimum absolute atomic E-state index is 0.0471. The van der Waals surface area contributed by atoms with Gasteiger partial charge in [0, 0.05) is 87.9 Å². The van der Waals surface area contributed by atoms with Crippen molar-refractivity contribution in [3.05, 3.63) is 118 Å². The zero-order chi connectivity index (χ0) is 47.6. The van der Waals surface area contributed by atoms with E-state index in [0.29, 0.717) is 58.5 Å². The topological polar surface area (TPSA) is 230 Å². The van der Waals surface area contributed by atoms with Crippen molar-refractivity contribution in [3.8, 4) is 5.75 Å². The Morgan fingerprint density at radius 1 is 0.985 bits per heavy atom. The molecule has 0 aliphatic carbocycles. The average molecular weight is 950 g/mol. The molecule has 2 aliphatic rings. The van der Waals surface area contributed by atoms with Gasteiger partial charge in [0.05, 0.1) is 48.3 Å². The highest BCUT2D eigenvalue weighted by molar-refractivity contribution is 7.54. The van der Waals surface area contributed by atoms with Gasteiger partial charge in [-0.3, -0.25) is 43.1 Å². The molecule has 21 heteroatoms. The molecule has 4 N–H and O–H groups in total. The molecule has 1 saturated heterocycles. The second kappa shape index (κ2) is 19.5. The largest absolute Gasteiger partial charge is 0.493 e. The molecule has 0 radical (unpaired) electrons. The van der Waals surface area contributed by atoms with Crippen LogP contribution in [-0.2, 0) is 39.1 Å². The smallest absolute Gasteiger partial charge is 0.430 e. The molecule has 2 aromatic carbocycles. The Hall–Kier alpha value is -6.96. The molecule has 2 atom stereocenters. The lowest BCUT2D eigenvalue weighted by molar-refractivity contribution is -0.116. The van der Waals surface area contributed by atoms with Crippen LogP contribution in [0, 0.1) is 6.92 Å². The van der Waals surface area contributed by atoms with Crippen LogP contribution in [0.15, 0.2) is 89.6 Å². The average Bonchev–Trinajstić information content (AvgIpc) is 4.12. The third kappa shape index (κ3) is 10.5. The third-order valence-corrected chi connectivity index (χ3v) is 13.0. The number of amides is 3. The van der Waals surface area contributed by atoms with Crippen LogP contribution < -0.4 is 20.5 Å². The minimum Gasteiger partial charge on any atom is -0.493 e. The number of nitrogens with zero attached hydrogens (tertiary/aromatic N) is 6. The summed E-state index contributed by atoms with van der Waals surface area (Å²) in [5.41, 5.74) is 5.22.